The molecule has 0 fully saturated rings. The summed E-state index contributed by atoms with van der Waals surface area (Å²) in [7, 11) is -5.64. The largest absolute Gasteiger partial charge is 0.534 e. The molecular weight excluding hydrogens is 329 g/mol. The van der Waals surface area contributed by atoms with Gasteiger partial charge in [-0.25, -0.2) is 0 Å². The van der Waals surface area contributed by atoms with E-state index < -0.39 is 21.0 Å². The normalized spacial score (nSPS) is 22.3. The highest BCUT2D eigenvalue weighted by molar-refractivity contribution is 7.87. The average molecular weight is 346 g/mol. The highest BCUT2D eigenvalue weighted by Gasteiger charge is 2.49. The number of allylic oxidation sites excluding steroid dienone is 3. The Balaban J connectivity index is 2.41. The minimum atomic E-state index is -5.64. The maximum atomic E-state index is 12.5. The molecule has 0 saturated carbocycles. The van der Waals surface area contributed by atoms with E-state index in [9.17, 15) is 21.6 Å². The van der Waals surface area contributed by atoms with Gasteiger partial charge in [0.1, 0.15) is 5.76 Å². The van der Waals surface area contributed by atoms with Gasteiger partial charge in [0.2, 0.25) is 0 Å². The minimum absolute atomic E-state index is 0.154. The van der Waals surface area contributed by atoms with Crippen LogP contribution in [0, 0.1) is 0 Å². The van der Waals surface area contributed by atoms with E-state index in [1.807, 2.05) is 30.3 Å². The van der Waals surface area contributed by atoms with Gasteiger partial charge in [0.25, 0.3) is 0 Å². The van der Waals surface area contributed by atoms with Crippen molar-refractivity contribution in [2.24, 2.45) is 0 Å². The predicted molar refractivity (Wildman–Crippen MR) is 80.9 cm³/mol. The van der Waals surface area contributed by atoms with Crippen molar-refractivity contribution in [1.82, 2.24) is 0 Å². The molecule has 0 amide bonds. The van der Waals surface area contributed by atoms with Crippen molar-refractivity contribution in [3.05, 3.63) is 60.4 Å². The summed E-state index contributed by atoms with van der Waals surface area (Å²) in [5.41, 5.74) is -5.14. The lowest BCUT2D eigenvalue weighted by Gasteiger charge is -2.34. The van der Waals surface area contributed by atoms with Crippen molar-refractivity contribution in [1.29, 1.82) is 0 Å². The Morgan fingerprint density at radius 1 is 1.26 bits per heavy atom. The van der Waals surface area contributed by atoms with Gasteiger partial charge in [0.15, 0.2) is 0 Å². The number of rotatable bonds is 5. The van der Waals surface area contributed by atoms with E-state index in [2.05, 4.69) is 10.8 Å². The molecule has 0 N–H and O–H groups in total. The molecule has 1 aromatic rings. The van der Waals surface area contributed by atoms with Crippen LogP contribution in [0.25, 0.3) is 0 Å². The topological polar surface area (TPSA) is 43.4 Å². The molecule has 1 aromatic carbocycles. The van der Waals surface area contributed by atoms with E-state index in [0.717, 1.165) is 5.56 Å². The van der Waals surface area contributed by atoms with Crippen molar-refractivity contribution < 1.29 is 25.8 Å². The Morgan fingerprint density at radius 3 is 2.48 bits per heavy atom. The molecule has 0 saturated heterocycles. The lowest BCUT2D eigenvalue weighted by molar-refractivity contribution is -0.0524. The van der Waals surface area contributed by atoms with Crippen LogP contribution in [0.3, 0.4) is 0 Å². The first-order valence-electron chi connectivity index (χ1n) is 7.09. The molecule has 126 valence electrons. The monoisotopic (exact) mass is 346 g/mol. The molecule has 0 aliphatic heterocycles. The Hall–Kier alpha value is -1.76. The zero-order valence-electron chi connectivity index (χ0n) is 12.3. The quantitative estimate of drug-likeness (QED) is 0.450. The van der Waals surface area contributed by atoms with Crippen molar-refractivity contribution >= 4 is 10.1 Å². The zero-order chi connectivity index (χ0) is 17.1. The molecule has 1 aliphatic carbocycles. The molecule has 1 aliphatic rings. The SMILES string of the molecule is C=CCC1(c2ccccc2)C=C(OS(=O)(=O)C(F)(F)F)CCC1. The van der Waals surface area contributed by atoms with Crippen LogP contribution in [0.15, 0.2) is 54.8 Å². The zero-order valence-corrected chi connectivity index (χ0v) is 13.2. The Labute approximate surface area is 133 Å². The number of hydrogen-bond acceptors (Lipinski definition) is 3. The number of halogens is 3. The molecule has 0 heterocycles. The van der Waals surface area contributed by atoms with E-state index in [1.54, 1.807) is 6.08 Å². The highest BCUT2D eigenvalue weighted by atomic mass is 32.2. The van der Waals surface area contributed by atoms with Gasteiger partial charge >= 0.3 is 15.6 Å². The number of benzene rings is 1. The summed E-state index contributed by atoms with van der Waals surface area (Å²) in [6.07, 6.45) is 5.02. The summed E-state index contributed by atoms with van der Waals surface area (Å²) in [6.45, 7) is 3.70. The summed E-state index contributed by atoms with van der Waals surface area (Å²) in [4.78, 5) is 0. The third-order valence-electron chi connectivity index (χ3n) is 3.84. The highest BCUT2D eigenvalue weighted by Crippen LogP contribution is 2.42. The van der Waals surface area contributed by atoms with Crippen LogP contribution in [0.2, 0.25) is 0 Å². The first kappa shape index (κ1) is 17.6. The molecule has 0 spiro atoms. The summed E-state index contributed by atoms with van der Waals surface area (Å²) in [5.74, 6) is -0.167. The van der Waals surface area contributed by atoms with Crippen molar-refractivity contribution in [3.63, 3.8) is 0 Å². The molecule has 7 heteroatoms. The fourth-order valence-corrected chi connectivity index (χ4v) is 3.33. The Bertz CT molecular complexity index is 693. The van der Waals surface area contributed by atoms with Gasteiger partial charge in [-0.2, -0.15) is 21.6 Å². The molecule has 0 aromatic heterocycles. The fourth-order valence-electron chi connectivity index (χ4n) is 2.82. The van der Waals surface area contributed by atoms with Crippen molar-refractivity contribution in [3.8, 4) is 0 Å². The molecule has 1 atom stereocenters. The second kappa shape index (κ2) is 6.39. The van der Waals surface area contributed by atoms with Crippen LogP contribution < -0.4 is 0 Å². The van der Waals surface area contributed by atoms with E-state index in [4.69, 9.17) is 0 Å². The van der Waals surface area contributed by atoms with E-state index >= 15 is 0 Å². The molecule has 3 nitrogen and oxygen atoms in total. The van der Waals surface area contributed by atoms with Crippen LogP contribution in [0.5, 0.6) is 0 Å². The number of alkyl halides is 3. The van der Waals surface area contributed by atoms with Gasteiger partial charge in [-0.1, -0.05) is 36.4 Å². The summed E-state index contributed by atoms with van der Waals surface area (Å²) >= 11 is 0. The second-order valence-corrected chi connectivity index (χ2v) is 7.00. The van der Waals surface area contributed by atoms with Gasteiger partial charge in [-0.15, -0.1) is 6.58 Å². The minimum Gasteiger partial charge on any atom is -0.381 e. The van der Waals surface area contributed by atoms with Crippen LogP contribution in [-0.2, 0) is 19.7 Å². The van der Waals surface area contributed by atoms with E-state index in [1.165, 1.54) is 6.08 Å². The average Bonchev–Trinajstić information content (AvgIpc) is 2.47. The van der Waals surface area contributed by atoms with Crippen LogP contribution in [0.1, 0.15) is 31.2 Å². The summed E-state index contributed by atoms with van der Waals surface area (Å²) in [5, 5.41) is 0. The standard InChI is InChI=1S/C16H17F3O3S/c1-2-10-15(13-7-4-3-5-8-13)11-6-9-14(12-15)22-23(20,21)16(17,18)19/h2-5,7-8,12H,1,6,9-11H2. The van der Waals surface area contributed by atoms with E-state index in [-0.39, 0.29) is 12.2 Å². The van der Waals surface area contributed by atoms with Gasteiger partial charge in [-0.05, 0) is 30.9 Å². The van der Waals surface area contributed by atoms with Gasteiger partial charge in [0, 0.05) is 11.8 Å². The van der Waals surface area contributed by atoms with Crippen molar-refractivity contribution in [2.45, 2.75) is 36.6 Å². The lowest BCUT2D eigenvalue weighted by Crippen LogP contribution is -2.30. The van der Waals surface area contributed by atoms with Gasteiger partial charge in [-0.3, -0.25) is 0 Å². The molecule has 2 rings (SSSR count). The lowest BCUT2D eigenvalue weighted by atomic mass is 9.71. The molecule has 0 radical (unpaired) electrons. The van der Waals surface area contributed by atoms with Crippen LogP contribution in [-0.4, -0.2) is 13.9 Å². The third-order valence-corrected chi connectivity index (χ3v) is 4.84. The Morgan fingerprint density at radius 2 is 1.91 bits per heavy atom. The maximum Gasteiger partial charge on any atom is 0.534 e. The summed E-state index contributed by atoms with van der Waals surface area (Å²) in [6, 6.07) is 9.22. The molecule has 1 unspecified atom stereocenters. The molecular formula is C16H17F3O3S. The second-order valence-electron chi connectivity index (χ2n) is 5.46. The van der Waals surface area contributed by atoms with Crippen molar-refractivity contribution in [2.75, 3.05) is 0 Å². The fraction of sp³-hybridized carbons (Fsp3) is 0.375. The molecule has 23 heavy (non-hydrogen) atoms. The Kier molecular flexibility index (Phi) is 4.89. The maximum absolute atomic E-state index is 12.5. The number of hydrogen-bond donors (Lipinski definition) is 0. The van der Waals surface area contributed by atoms with E-state index in [0.29, 0.717) is 19.3 Å². The smallest absolute Gasteiger partial charge is 0.381 e. The summed E-state index contributed by atoms with van der Waals surface area (Å²) < 4.78 is 64.3. The van der Waals surface area contributed by atoms with Crippen LogP contribution in [0.4, 0.5) is 13.2 Å². The first-order valence-corrected chi connectivity index (χ1v) is 8.50. The third kappa shape index (κ3) is 3.77. The van der Waals surface area contributed by atoms with Crippen LogP contribution >= 0.6 is 0 Å². The predicted octanol–water partition coefficient (Wildman–Crippen LogP) is 4.43. The molecule has 0 bridgehead atoms. The first-order chi connectivity index (χ1) is 10.7. The van der Waals surface area contributed by atoms with Gasteiger partial charge < -0.3 is 4.18 Å². The van der Waals surface area contributed by atoms with Gasteiger partial charge in [0.05, 0.1) is 0 Å².